The number of carbonyl (C=O) groups is 2. The Balaban J connectivity index is 1.46. The number of aromatic nitrogens is 4. The van der Waals surface area contributed by atoms with Crippen molar-refractivity contribution >= 4 is 52.6 Å². The Hall–Kier alpha value is -4.59. The number of urea groups is 1. The number of rotatable bonds is 9. The van der Waals surface area contributed by atoms with Gasteiger partial charge in [-0.05, 0) is 36.4 Å². The molecule has 0 aliphatic heterocycles. The molecule has 0 aliphatic rings. The number of hydrogen-bond acceptors (Lipinski definition) is 8. The van der Waals surface area contributed by atoms with Crippen molar-refractivity contribution in [3.8, 4) is 23.1 Å². The van der Waals surface area contributed by atoms with Gasteiger partial charge in [0.05, 0.1) is 23.5 Å². The number of anilines is 3. The standard InChI is InChI=1S/C24H21Cl2N7O6/c1-37-12-19(35)30-23-27-10-9-20(31-23)39-16-8-7-15(21(25)22(16)26)28-24(36)29-17-11-18(34)32-33(17)13-3-5-14(38-2)6-4-13/h3-11H,12H2,1-2H3,(H,32,34)(H2,28,29,36)(H,27,30,31,35). The summed E-state index contributed by atoms with van der Waals surface area (Å²) in [5.41, 5.74) is 0.340. The number of halogens is 2. The van der Waals surface area contributed by atoms with Gasteiger partial charge in [-0.15, -0.1) is 0 Å². The molecule has 4 N–H and O–H groups in total. The highest BCUT2D eigenvalue weighted by atomic mass is 35.5. The number of methoxy groups -OCH3 is 2. The summed E-state index contributed by atoms with van der Waals surface area (Å²) in [4.78, 5) is 44.4. The molecule has 3 amide bonds. The van der Waals surface area contributed by atoms with Crippen molar-refractivity contribution in [3.63, 3.8) is 0 Å². The van der Waals surface area contributed by atoms with Gasteiger partial charge in [0.2, 0.25) is 11.8 Å². The Morgan fingerprint density at radius 2 is 1.77 bits per heavy atom. The van der Waals surface area contributed by atoms with E-state index in [4.69, 9.17) is 37.4 Å². The number of nitrogens with one attached hydrogen (secondary N) is 4. The van der Waals surface area contributed by atoms with Crippen LogP contribution in [0.2, 0.25) is 10.0 Å². The SMILES string of the molecule is COCC(=O)Nc1nccc(Oc2ccc(NC(=O)Nc3cc(=O)[nH]n3-c3ccc(OC)cc3)c(Cl)c2Cl)n1. The predicted octanol–water partition coefficient (Wildman–Crippen LogP) is 4.29. The lowest BCUT2D eigenvalue weighted by molar-refractivity contribution is -0.119. The topological polar surface area (TPSA) is 161 Å². The summed E-state index contributed by atoms with van der Waals surface area (Å²) in [6.07, 6.45) is 1.38. The van der Waals surface area contributed by atoms with E-state index >= 15 is 0 Å². The summed E-state index contributed by atoms with van der Waals surface area (Å²) in [6.45, 7) is -0.165. The Morgan fingerprint density at radius 3 is 2.49 bits per heavy atom. The third-order valence-electron chi connectivity index (χ3n) is 4.97. The highest BCUT2D eigenvalue weighted by molar-refractivity contribution is 6.45. The number of amides is 3. The lowest BCUT2D eigenvalue weighted by Crippen LogP contribution is -2.21. The summed E-state index contributed by atoms with van der Waals surface area (Å²) in [7, 11) is 2.92. The predicted molar refractivity (Wildman–Crippen MR) is 145 cm³/mol. The fraction of sp³-hybridized carbons (Fsp3) is 0.125. The molecule has 2 heterocycles. The molecule has 0 saturated heterocycles. The van der Waals surface area contributed by atoms with Crippen LogP contribution >= 0.6 is 23.2 Å². The van der Waals surface area contributed by atoms with Gasteiger partial charge >= 0.3 is 6.03 Å². The Morgan fingerprint density at radius 1 is 1.00 bits per heavy atom. The van der Waals surface area contributed by atoms with Crippen LogP contribution in [0.25, 0.3) is 5.69 Å². The van der Waals surface area contributed by atoms with Crippen molar-refractivity contribution in [1.82, 2.24) is 19.7 Å². The number of carbonyl (C=O) groups excluding carboxylic acids is 2. The van der Waals surface area contributed by atoms with Crippen LogP contribution in [0.4, 0.5) is 22.2 Å². The number of benzene rings is 2. The van der Waals surface area contributed by atoms with Gasteiger partial charge in [0.15, 0.2) is 0 Å². The number of ether oxygens (including phenoxy) is 3. The first kappa shape index (κ1) is 27.4. The maximum Gasteiger partial charge on any atom is 0.324 e. The third kappa shape index (κ3) is 6.84. The maximum absolute atomic E-state index is 12.7. The molecule has 0 fully saturated rings. The minimum atomic E-state index is -0.685. The number of H-pyrrole nitrogens is 1. The van der Waals surface area contributed by atoms with Crippen LogP contribution in [0.1, 0.15) is 0 Å². The number of aromatic amines is 1. The smallest absolute Gasteiger partial charge is 0.324 e. The molecule has 0 radical (unpaired) electrons. The van der Waals surface area contributed by atoms with Crippen LogP contribution < -0.4 is 31.0 Å². The van der Waals surface area contributed by atoms with E-state index < -0.39 is 17.5 Å². The largest absolute Gasteiger partial charge is 0.497 e. The van der Waals surface area contributed by atoms with Crippen molar-refractivity contribution < 1.29 is 23.8 Å². The molecule has 0 saturated carbocycles. The minimum absolute atomic E-state index is 0.00426. The van der Waals surface area contributed by atoms with E-state index in [0.29, 0.717) is 11.4 Å². The number of nitrogens with zero attached hydrogens (tertiary/aromatic N) is 3. The first-order valence-electron chi connectivity index (χ1n) is 11.1. The van der Waals surface area contributed by atoms with Crippen molar-refractivity contribution in [2.45, 2.75) is 0 Å². The Bertz CT molecular complexity index is 1560. The first-order chi connectivity index (χ1) is 18.8. The molecule has 0 unspecified atom stereocenters. The molecular formula is C24H21Cl2N7O6. The summed E-state index contributed by atoms with van der Waals surface area (Å²) in [6, 6.07) is 11.8. The van der Waals surface area contributed by atoms with Crippen LogP contribution in [0.3, 0.4) is 0 Å². The maximum atomic E-state index is 12.7. The van der Waals surface area contributed by atoms with Crippen LogP contribution in [-0.4, -0.2) is 52.5 Å². The minimum Gasteiger partial charge on any atom is -0.497 e. The van der Waals surface area contributed by atoms with Gasteiger partial charge in [0.1, 0.15) is 28.9 Å². The molecule has 0 spiro atoms. The van der Waals surface area contributed by atoms with Crippen LogP contribution in [0.15, 0.2) is 59.5 Å². The lowest BCUT2D eigenvalue weighted by atomic mass is 10.3. The quantitative estimate of drug-likeness (QED) is 0.230. The van der Waals surface area contributed by atoms with E-state index in [1.165, 1.54) is 49.4 Å². The average Bonchev–Trinajstić information content (AvgIpc) is 3.28. The normalized spacial score (nSPS) is 10.6. The molecule has 0 aliphatic carbocycles. The van der Waals surface area contributed by atoms with Gasteiger partial charge in [-0.1, -0.05) is 23.2 Å². The van der Waals surface area contributed by atoms with E-state index in [2.05, 4.69) is 31.0 Å². The molecule has 4 rings (SSSR count). The molecule has 2 aromatic heterocycles. The van der Waals surface area contributed by atoms with Crippen molar-refractivity contribution in [1.29, 1.82) is 0 Å². The van der Waals surface area contributed by atoms with Crippen LogP contribution in [0, 0.1) is 0 Å². The highest BCUT2D eigenvalue weighted by Gasteiger charge is 2.17. The zero-order valence-electron chi connectivity index (χ0n) is 20.5. The molecule has 2 aromatic carbocycles. The Labute approximate surface area is 231 Å². The second kappa shape index (κ2) is 12.3. The number of hydrogen-bond donors (Lipinski definition) is 4. The molecule has 39 heavy (non-hydrogen) atoms. The van der Waals surface area contributed by atoms with E-state index in [1.54, 1.807) is 24.3 Å². The van der Waals surface area contributed by atoms with Gasteiger partial charge < -0.3 is 19.5 Å². The van der Waals surface area contributed by atoms with E-state index in [9.17, 15) is 14.4 Å². The van der Waals surface area contributed by atoms with Crippen molar-refractivity contribution in [2.75, 3.05) is 36.8 Å². The molecule has 0 bridgehead atoms. The van der Waals surface area contributed by atoms with Gasteiger partial charge in [-0.25, -0.2) is 14.5 Å². The second-order valence-corrected chi connectivity index (χ2v) is 8.42. The molecular weight excluding hydrogens is 553 g/mol. The highest BCUT2D eigenvalue weighted by Crippen LogP contribution is 2.39. The van der Waals surface area contributed by atoms with Gasteiger partial charge in [-0.3, -0.25) is 25.3 Å². The van der Waals surface area contributed by atoms with E-state index in [-0.39, 0.29) is 45.7 Å². The molecule has 0 atom stereocenters. The zero-order chi connectivity index (χ0) is 27.9. The van der Waals surface area contributed by atoms with Gasteiger partial charge in [-0.2, -0.15) is 4.98 Å². The van der Waals surface area contributed by atoms with Crippen LogP contribution in [0.5, 0.6) is 17.4 Å². The monoisotopic (exact) mass is 573 g/mol. The average molecular weight is 574 g/mol. The molecule has 4 aromatic rings. The van der Waals surface area contributed by atoms with Crippen LogP contribution in [-0.2, 0) is 9.53 Å². The second-order valence-electron chi connectivity index (χ2n) is 7.66. The molecule has 15 heteroatoms. The van der Waals surface area contributed by atoms with E-state index in [1.807, 2.05) is 0 Å². The molecule has 202 valence electrons. The Kier molecular flexibility index (Phi) is 8.66. The van der Waals surface area contributed by atoms with Gasteiger partial charge in [0.25, 0.3) is 11.5 Å². The van der Waals surface area contributed by atoms with Gasteiger partial charge in [0, 0.05) is 25.4 Å². The van der Waals surface area contributed by atoms with Crippen molar-refractivity contribution in [3.05, 3.63) is 75.1 Å². The van der Waals surface area contributed by atoms with E-state index in [0.717, 1.165) is 0 Å². The fourth-order valence-electron chi connectivity index (χ4n) is 3.26. The zero-order valence-corrected chi connectivity index (χ0v) is 22.0. The summed E-state index contributed by atoms with van der Waals surface area (Å²) in [5, 5.41) is 10.2. The first-order valence-corrected chi connectivity index (χ1v) is 11.8. The fourth-order valence-corrected chi connectivity index (χ4v) is 3.67. The molecule has 13 nitrogen and oxygen atoms in total. The third-order valence-corrected chi connectivity index (χ3v) is 5.83. The lowest BCUT2D eigenvalue weighted by Gasteiger charge is -2.14. The summed E-state index contributed by atoms with van der Waals surface area (Å²) in [5.74, 6) is 0.600. The van der Waals surface area contributed by atoms with Crippen molar-refractivity contribution in [2.24, 2.45) is 0 Å². The summed E-state index contributed by atoms with van der Waals surface area (Å²) >= 11 is 12.7. The summed E-state index contributed by atoms with van der Waals surface area (Å²) < 4.78 is 17.0.